The van der Waals surface area contributed by atoms with Gasteiger partial charge in [0.2, 0.25) is 0 Å². The van der Waals surface area contributed by atoms with Crippen molar-refractivity contribution in [2.45, 2.75) is 6.54 Å². The number of benzene rings is 1. The summed E-state index contributed by atoms with van der Waals surface area (Å²) in [4.78, 5) is 5.43. The first-order valence-corrected chi connectivity index (χ1v) is 7.40. The van der Waals surface area contributed by atoms with Gasteiger partial charge in [0.1, 0.15) is 11.6 Å². The summed E-state index contributed by atoms with van der Waals surface area (Å²) in [5.74, 6) is 0.670. The van der Waals surface area contributed by atoms with Crippen LogP contribution in [0.3, 0.4) is 0 Å². The third-order valence-electron chi connectivity index (χ3n) is 2.81. The Morgan fingerprint density at radius 2 is 2.21 bits per heavy atom. The second-order valence-corrected chi connectivity index (χ2v) is 5.96. The molecule has 0 saturated heterocycles. The quantitative estimate of drug-likeness (QED) is 0.685. The molecule has 5 heteroatoms. The van der Waals surface area contributed by atoms with Gasteiger partial charge in [-0.25, -0.2) is 9.37 Å². The van der Waals surface area contributed by atoms with E-state index in [2.05, 4.69) is 20.9 Å². The lowest BCUT2D eigenvalue weighted by Gasteiger charge is -2.08. The van der Waals surface area contributed by atoms with Crippen LogP contribution in [-0.4, -0.2) is 9.55 Å². The number of hydrogen-bond acceptors (Lipinski definition) is 2. The fourth-order valence-corrected chi connectivity index (χ4v) is 3.06. The molecule has 0 aliphatic heterocycles. The molecule has 3 aromatic rings. The van der Waals surface area contributed by atoms with E-state index in [1.165, 1.54) is 6.07 Å². The highest BCUT2D eigenvalue weighted by molar-refractivity contribution is 9.10. The molecule has 19 heavy (non-hydrogen) atoms. The fourth-order valence-electron chi connectivity index (χ4n) is 1.92. The van der Waals surface area contributed by atoms with E-state index in [-0.39, 0.29) is 5.82 Å². The maximum absolute atomic E-state index is 13.8. The normalized spacial score (nSPS) is 10.8. The van der Waals surface area contributed by atoms with Crippen LogP contribution in [0.1, 0.15) is 5.56 Å². The third kappa shape index (κ3) is 2.62. The molecule has 0 bridgehead atoms. The van der Waals surface area contributed by atoms with Crippen LogP contribution in [0.4, 0.5) is 4.39 Å². The predicted octanol–water partition coefficient (Wildman–Crippen LogP) is 4.56. The van der Waals surface area contributed by atoms with Crippen LogP contribution in [0.5, 0.6) is 0 Å². The molecule has 0 N–H and O–H groups in total. The van der Waals surface area contributed by atoms with Crippen molar-refractivity contribution in [1.29, 1.82) is 0 Å². The second kappa shape index (κ2) is 5.27. The molecule has 3 rings (SSSR count). The molecular formula is C14H10BrFN2S. The van der Waals surface area contributed by atoms with E-state index >= 15 is 0 Å². The van der Waals surface area contributed by atoms with Crippen molar-refractivity contribution in [2.24, 2.45) is 0 Å². The monoisotopic (exact) mass is 336 g/mol. The summed E-state index contributed by atoms with van der Waals surface area (Å²) in [6.07, 6.45) is 3.61. The number of hydrogen-bond donors (Lipinski definition) is 0. The Morgan fingerprint density at radius 1 is 1.32 bits per heavy atom. The lowest BCUT2D eigenvalue weighted by Crippen LogP contribution is -2.02. The SMILES string of the molecule is Fc1ccc(Br)cc1Cn1ccnc1-c1cccs1. The average Bonchev–Trinajstić information content (AvgIpc) is 3.03. The van der Waals surface area contributed by atoms with Crippen molar-refractivity contribution in [3.05, 3.63) is 64.0 Å². The minimum atomic E-state index is -0.200. The summed E-state index contributed by atoms with van der Waals surface area (Å²) in [7, 11) is 0. The van der Waals surface area contributed by atoms with Gasteiger partial charge in [-0.3, -0.25) is 0 Å². The van der Waals surface area contributed by atoms with Gasteiger partial charge in [0, 0.05) is 22.4 Å². The first-order chi connectivity index (χ1) is 9.24. The minimum absolute atomic E-state index is 0.200. The van der Waals surface area contributed by atoms with E-state index in [1.807, 2.05) is 28.3 Å². The van der Waals surface area contributed by atoms with E-state index in [0.717, 1.165) is 15.2 Å². The Kier molecular flexibility index (Phi) is 3.48. The standard InChI is InChI=1S/C14H10BrFN2S/c15-11-3-4-12(16)10(8-11)9-18-6-5-17-14(18)13-2-1-7-19-13/h1-8H,9H2. The first-order valence-electron chi connectivity index (χ1n) is 5.73. The Hall–Kier alpha value is -1.46. The number of nitrogens with zero attached hydrogens (tertiary/aromatic N) is 2. The van der Waals surface area contributed by atoms with E-state index in [4.69, 9.17) is 0 Å². The second-order valence-electron chi connectivity index (χ2n) is 4.09. The van der Waals surface area contributed by atoms with Crippen molar-refractivity contribution < 1.29 is 4.39 Å². The van der Waals surface area contributed by atoms with Crippen LogP contribution in [0.2, 0.25) is 0 Å². The summed E-state index contributed by atoms with van der Waals surface area (Å²) in [6, 6.07) is 8.97. The smallest absolute Gasteiger partial charge is 0.150 e. The third-order valence-corrected chi connectivity index (χ3v) is 4.16. The molecule has 0 amide bonds. The van der Waals surface area contributed by atoms with E-state index in [1.54, 1.807) is 29.7 Å². The van der Waals surface area contributed by atoms with Crippen LogP contribution in [-0.2, 0) is 6.54 Å². The van der Waals surface area contributed by atoms with Gasteiger partial charge in [0.15, 0.2) is 0 Å². The average molecular weight is 337 g/mol. The highest BCUT2D eigenvalue weighted by Crippen LogP contribution is 2.24. The number of halogens is 2. The first kappa shape index (κ1) is 12.6. The summed E-state index contributed by atoms with van der Waals surface area (Å²) in [5, 5.41) is 2.01. The summed E-state index contributed by atoms with van der Waals surface area (Å²) < 4.78 is 16.6. The molecule has 0 spiro atoms. The zero-order valence-electron chi connectivity index (χ0n) is 9.88. The summed E-state index contributed by atoms with van der Waals surface area (Å²) >= 11 is 4.99. The van der Waals surface area contributed by atoms with Gasteiger partial charge < -0.3 is 4.57 Å². The van der Waals surface area contributed by atoms with Crippen molar-refractivity contribution in [1.82, 2.24) is 9.55 Å². The van der Waals surface area contributed by atoms with Crippen LogP contribution in [0.25, 0.3) is 10.7 Å². The Labute approximate surface area is 122 Å². The molecule has 0 saturated carbocycles. The molecular weight excluding hydrogens is 327 g/mol. The molecule has 0 unspecified atom stereocenters. The maximum atomic E-state index is 13.8. The van der Waals surface area contributed by atoms with E-state index in [9.17, 15) is 4.39 Å². The largest absolute Gasteiger partial charge is 0.326 e. The lowest BCUT2D eigenvalue weighted by molar-refractivity contribution is 0.600. The molecule has 2 aromatic heterocycles. The molecule has 0 radical (unpaired) electrons. The zero-order chi connectivity index (χ0) is 13.2. The number of rotatable bonds is 3. The maximum Gasteiger partial charge on any atom is 0.150 e. The van der Waals surface area contributed by atoms with E-state index < -0.39 is 0 Å². The Morgan fingerprint density at radius 3 is 3.00 bits per heavy atom. The van der Waals surface area contributed by atoms with Crippen LogP contribution in [0, 0.1) is 5.82 Å². The molecule has 0 aliphatic carbocycles. The van der Waals surface area contributed by atoms with Gasteiger partial charge in [0.05, 0.1) is 11.4 Å². The zero-order valence-corrected chi connectivity index (χ0v) is 12.3. The van der Waals surface area contributed by atoms with Gasteiger partial charge >= 0.3 is 0 Å². The minimum Gasteiger partial charge on any atom is -0.326 e. The van der Waals surface area contributed by atoms with Crippen molar-refractivity contribution in [3.8, 4) is 10.7 Å². The molecule has 2 heterocycles. The van der Waals surface area contributed by atoms with Crippen LogP contribution >= 0.6 is 27.3 Å². The van der Waals surface area contributed by atoms with Crippen molar-refractivity contribution in [2.75, 3.05) is 0 Å². The number of thiophene rings is 1. The highest BCUT2D eigenvalue weighted by atomic mass is 79.9. The summed E-state index contributed by atoms with van der Waals surface area (Å²) in [5.41, 5.74) is 0.644. The molecule has 2 nitrogen and oxygen atoms in total. The molecule has 1 aromatic carbocycles. The van der Waals surface area contributed by atoms with Gasteiger partial charge in [-0.1, -0.05) is 22.0 Å². The number of imidazole rings is 1. The van der Waals surface area contributed by atoms with Gasteiger partial charge in [-0.05, 0) is 29.6 Å². The van der Waals surface area contributed by atoms with Crippen LogP contribution < -0.4 is 0 Å². The molecule has 0 aliphatic rings. The van der Waals surface area contributed by atoms with Gasteiger partial charge in [-0.15, -0.1) is 11.3 Å². The Balaban J connectivity index is 1.96. The Bertz CT molecular complexity index is 691. The van der Waals surface area contributed by atoms with Crippen molar-refractivity contribution >= 4 is 27.3 Å². The molecule has 0 fully saturated rings. The number of aromatic nitrogens is 2. The van der Waals surface area contributed by atoms with E-state index in [0.29, 0.717) is 12.1 Å². The van der Waals surface area contributed by atoms with Gasteiger partial charge in [0.25, 0.3) is 0 Å². The predicted molar refractivity (Wildman–Crippen MR) is 78.7 cm³/mol. The summed E-state index contributed by atoms with van der Waals surface area (Å²) in [6.45, 7) is 0.471. The van der Waals surface area contributed by atoms with Crippen molar-refractivity contribution in [3.63, 3.8) is 0 Å². The highest BCUT2D eigenvalue weighted by Gasteiger charge is 2.09. The fraction of sp³-hybridized carbons (Fsp3) is 0.0714. The van der Waals surface area contributed by atoms with Crippen LogP contribution in [0.15, 0.2) is 52.6 Å². The molecule has 0 atom stereocenters. The topological polar surface area (TPSA) is 17.8 Å². The van der Waals surface area contributed by atoms with Gasteiger partial charge in [-0.2, -0.15) is 0 Å². The lowest BCUT2D eigenvalue weighted by atomic mass is 10.2. The molecule has 96 valence electrons.